The first-order chi connectivity index (χ1) is 49.3. The molecule has 13 heterocycles. The van der Waals surface area contributed by atoms with Gasteiger partial charge in [0.25, 0.3) is 0 Å². The molecule has 9 aliphatic heterocycles. The average molecular weight is 1500 g/mol. The zero-order valence-corrected chi connectivity index (χ0v) is 61.9. The van der Waals surface area contributed by atoms with E-state index < -0.39 is 7.26 Å². The summed E-state index contributed by atoms with van der Waals surface area (Å²) in [5, 5.41) is 7.06. The summed E-state index contributed by atoms with van der Waals surface area (Å²) >= 11 is 2.25. The Hall–Kier alpha value is -9.42. The highest BCUT2D eigenvalue weighted by Gasteiger charge is 2.52. The molecule has 4 unspecified atom stereocenters. The number of halogens is 1. The van der Waals surface area contributed by atoms with Crippen molar-refractivity contribution in [3.05, 3.63) is 271 Å². The van der Waals surface area contributed by atoms with Crippen molar-refractivity contribution in [2.45, 2.75) is 70.0 Å². The molecule has 7 aromatic rings. The van der Waals surface area contributed by atoms with E-state index in [1.807, 2.05) is 119 Å². The van der Waals surface area contributed by atoms with Crippen molar-refractivity contribution in [3.63, 3.8) is 0 Å². The minimum atomic E-state index is -1.73. The quantitative estimate of drug-likeness (QED) is 0.0435. The lowest BCUT2D eigenvalue weighted by molar-refractivity contribution is -0.107. The number of carbonyl (C=O) groups is 4. The summed E-state index contributed by atoms with van der Waals surface area (Å²) in [6.07, 6.45) is 28.3. The molecule has 0 saturated carbocycles. The van der Waals surface area contributed by atoms with Crippen LogP contribution in [0.3, 0.4) is 0 Å². The number of aromatic nitrogens is 4. The van der Waals surface area contributed by atoms with E-state index in [9.17, 15) is 19.2 Å². The van der Waals surface area contributed by atoms with Crippen molar-refractivity contribution in [3.8, 4) is 0 Å². The van der Waals surface area contributed by atoms with Crippen LogP contribution in [0.1, 0.15) is 51.3 Å². The van der Waals surface area contributed by atoms with Gasteiger partial charge in [0.2, 0.25) is 0 Å². The Bertz CT molecular complexity index is 4000. The van der Waals surface area contributed by atoms with Crippen molar-refractivity contribution in [2.75, 3.05) is 79.7 Å². The Morgan fingerprint density at radius 2 is 0.843 bits per heavy atom. The first-order valence-corrected chi connectivity index (χ1v) is 37.1. The number of urea groups is 4. The molecule has 9 aliphatic rings. The van der Waals surface area contributed by atoms with Gasteiger partial charge in [-0.2, -0.15) is 10.1 Å². The minimum Gasteiger partial charge on any atom is -0.399 e. The zero-order chi connectivity index (χ0) is 72.0. The van der Waals surface area contributed by atoms with Crippen molar-refractivity contribution in [1.82, 2.24) is 59.5 Å². The number of fused-ring (bicyclic) bond motifs is 8. The van der Waals surface area contributed by atoms with E-state index in [2.05, 4.69) is 190 Å². The molecule has 5 fully saturated rings. The van der Waals surface area contributed by atoms with Crippen LogP contribution in [0.15, 0.2) is 254 Å². The predicted molar refractivity (Wildman–Crippen MR) is 413 cm³/mol. The van der Waals surface area contributed by atoms with Crippen LogP contribution in [-0.4, -0.2) is 206 Å². The molecular weight excluding hydrogens is 1410 g/mol. The van der Waals surface area contributed by atoms with Gasteiger partial charge >= 0.3 is 31.2 Å². The second-order valence-corrected chi connectivity index (χ2v) is 31.1. The van der Waals surface area contributed by atoms with E-state index in [0.29, 0.717) is 45.9 Å². The van der Waals surface area contributed by atoms with Crippen molar-refractivity contribution in [2.24, 2.45) is 0 Å². The normalized spacial score (nSPS) is 20.8. The number of hydrogen-bond acceptors (Lipinski definition) is 12. The predicted octanol–water partition coefficient (Wildman–Crippen LogP) is 11.6. The third-order valence-electron chi connectivity index (χ3n) is 19.1. The van der Waals surface area contributed by atoms with Crippen LogP contribution < -0.4 is 21.4 Å². The van der Waals surface area contributed by atoms with Crippen LogP contribution in [0.2, 0.25) is 0 Å². The number of benzene rings is 3. The number of carbonyl (C=O) groups excluding carboxylic acids is 4. The lowest BCUT2D eigenvalue weighted by atomic mass is 9.80. The molecule has 0 spiro atoms. The third-order valence-corrected chi connectivity index (χ3v) is 23.9. The number of amides is 8. The Labute approximate surface area is 613 Å². The van der Waals surface area contributed by atoms with Gasteiger partial charge in [-0.25, -0.2) is 19.2 Å². The van der Waals surface area contributed by atoms with E-state index in [1.165, 1.54) is 40.8 Å². The van der Waals surface area contributed by atoms with E-state index in [1.54, 1.807) is 62.7 Å². The molecule has 0 aliphatic carbocycles. The van der Waals surface area contributed by atoms with Crippen LogP contribution in [0.5, 0.6) is 0 Å². The molecule has 5 saturated heterocycles. The standard InChI is InChI=1S/C21H20P.C14H15N3O2.2C12H13N3O.C11H16BNO2.C9H11IN2O2/c1-2-18-22(19-12-6-3-7-13-19,20-14-8-4-9-15-20)21-16-10-5-11-17-21;1-2-6-19-17-13-7-12(9-16(10-13)14(17)18)11-4-3-5-15-8-11;2*1-14-11-5-10(7-15(8-11)12(14)16)9-3-2-4-13-6-9;1-10(2)11(3,4)15-12(14-10)9-6-5-7-13-8-9;1-2-3-14-12-8-4-7(10)5-11(6-8)9(12)13/h2-18H,1H3;2-5,7-8,13H,1,6,9-10H2;2*2-6,11H,7-8H2,1H3;5-8H,1-4H3;2,4,8H,1,3,5-6H2/q+1;;;;;/b18-2+;;;;;. The molecule has 102 heavy (non-hydrogen) atoms. The summed E-state index contributed by atoms with van der Waals surface area (Å²) in [4.78, 5) is 85.4. The molecule has 526 valence electrons. The molecule has 8 bridgehead atoms. The molecule has 4 atom stereocenters. The van der Waals surface area contributed by atoms with Crippen LogP contribution in [0.25, 0.3) is 16.7 Å². The highest BCUT2D eigenvalue weighted by atomic mass is 127. The summed E-state index contributed by atoms with van der Waals surface area (Å²) < 4.78 is 13.0. The number of nitrogens with zero attached hydrogens (tertiary/aromatic N) is 12. The Morgan fingerprint density at radius 3 is 1.20 bits per heavy atom. The number of allylic oxidation sites excluding steroid dienone is 1. The van der Waals surface area contributed by atoms with Crippen LogP contribution in [0, 0.1) is 0 Å². The topological polar surface area (TPSA) is 183 Å². The molecule has 0 radical (unpaired) electrons. The van der Waals surface area contributed by atoms with Gasteiger partial charge in [0.05, 0.1) is 60.9 Å². The minimum absolute atomic E-state index is 0.0311. The van der Waals surface area contributed by atoms with Gasteiger partial charge in [-0.15, -0.1) is 13.2 Å². The van der Waals surface area contributed by atoms with Gasteiger partial charge in [-0.05, 0) is 157 Å². The number of hydrogen-bond donors (Lipinski definition) is 0. The molecule has 3 aromatic carbocycles. The maximum Gasteiger partial charge on any atom is 0.496 e. The molecular formula is C79H88BIN12O8P+. The SMILES string of the molecule is C/C=C/[P+](c1ccccc1)(c1ccccc1)c1ccccc1.C=CCON1C(=O)N2CC(I)=CC1C2.C=CCON1C(=O)N2CC(c3cccnc3)=CC1C2.CC1(C)OB(c2cccnc2)OC1(C)C.CN1C(=O)N2CC(c3cccnc3)=CC1C2.CN1C(=O)N2CC(c3cccnc3)=CC1C2. The largest absolute Gasteiger partial charge is 0.496 e. The fourth-order valence-corrected chi connectivity index (χ4v) is 17.7. The lowest BCUT2D eigenvalue weighted by Crippen LogP contribution is -2.41. The first-order valence-electron chi connectivity index (χ1n) is 34.1. The lowest BCUT2D eigenvalue weighted by Gasteiger charge is -2.32. The zero-order valence-electron chi connectivity index (χ0n) is 58.8. The van der Waals surface area contributed by atoms with Crippen molar-refractivity contribution >= 4 is 99.2 Å². The Morgan fingerprint density at radius 1 is 0.490 bits per heavy atom. The maximum atomic E-state index is 12.1. The second-order valence-electron chi connectivity index (χ2n) is 26.5. The fourth-order valence-electron chi connectivity index (χ4n) is 13.1. The van der Waals surface area contributed by atoms with Gasteiger partial charge in [-0.3, -0.25) is 29.6 Å². The Balaban J connectivity index is 0.000000124. The number of pyridine rings is 4. The fraction of sp³-hybridized carbons (Fsp3) is 0.291. The van der Waals surface area contributed by atoms with Crippen LogP contribution in [-0.2, 0) is 19.0 Å². The molecule has 4 aromatic heterocycles. The van der Waals surface area contributed by atoms with Gasteiger partial charge < -0.3 is 38.7 Å². The summed E-state index contributed by atoms with van der Waals surface area (Å²) in [7, 11) is 1.68. The van der Waals surface area contributed by atoms with E-state index in [0.717, 1.165) is 47.4 Å². The van der Waals surface area contributed by atoms with E-state index in [-0.39, 0.29) is 66.6 Å². The van der Waals surface area contributed by atoms with E-state index in [4.69, 9.17) is 19.0 Å². The molecule has 8 amide bonds. The van der Waals surface area contributed by atoms with E-state index >= 15 is 0 Å². The summed E-state index contributed by atoms with van der Waals surface area (Å²) in [6, 6.07) is 48.9. The molecule has 20 nitrogen and oxygen atoms in total. The summed E-state index contributed by atoms with van der Waals surface area (Å²) in [6.45, 7) is 23.9. The Kier molecular flexibility index (Phi) is 24.3. The third kappa shape index (κ3) is 16.9. The van der Waals surface area contributed by atoms with Crippen molar-refractivity contribution in [1.29, 1.82) is 0 Å². The monoisotopic (exact) mass is 1500 g/mol. The first kappa shape index (κ1) is 73.8. The smallest absolute Gasteiger partial charge is 0.399 e. The highest BCUT2D eigenvalue weighted by molar-refractivity contribution is 14.1. The number of rotatable bonds is 14. The van der Waals surface area contributed by atoms with Gasteiger partial charge in [0.1, 0.15) is 23.2 Å². The van der Waals surface area contributed by atoms with Crippen LogP contribution in [0.4, 0.5) is 19.2 Å². The summed E-state index contributed by atoms with van der Waals surface area (Å²) in [5.74, 6) is 2.41. The molecule has 23 heteroatoms. The van der Waals surface area contributed by atoms with Crippen molar-refractivity contribution < 1.29 is 38.2 Å². The number of likely N-dealkylation sites (N-methyl/N-ethyl adjacent to an activating group) is 2. The maximum absolute atomic E-state index is 12.1. The highest BCUT2D eigenvalue weighted by Crippen LogP contribution is 2.56. The van der Waals surface area contributed by atoms with Gasteiger partial charge in [0, 0.05) is 119 Å². The second kappa shape index (κ2) is 33.6. The molecule has 0 N–H and O–H groups in total. The van der Waals surface area contributed by atoms with Gasteiger partial charge in [-0.1, -0.05) is 115 Å². The molecule has 16 rings (SSSR count). The van der Waals surface area contributed by atoms with Gasteiger partial charge in [0.15, 0.2) is 0 Å². The number of hydroxylamine groups is 4. The summed E-state index contributed by atoms with van der Waals surface area (Å²) in [5.41, 5.74) is 7.18. The average Bonchev–Trinajstić information content (AvgIpc) is 1.36. The van der Waals surface area contributed by atoms with Crippen LogP contribution >= 0.6 is 29.9 Å².